The molecule has 0 aliphatic rings. The molecule has 0 saturated carbocycles. The molecule has 1 aromatic rings. The normalized spacial score (nSPS) is 7.61. The van der Waals surface area contributed by atoms with E-state index in [0.29, 0.717) is 5.56 Å². The predicted octanol–water partition coefficient (Wildman–Crippen LogP) is 1.76. The van der Waals surface area contributed by atoms with Crippen molar-refractivity contribution in [1.29, 1.82) is 0 Å². The van der Waals surface area contributed by atoms with E-state index in [4.69, 9.17) is 35.3 Å². The summed E-state index contributed by atoms with van der Waals surface area (Å²) in [6.07, 6.45) is -3.67. The summed E-state index contributed by atoms with van der Waals surface area (Å²) in [7, 11) is 0. The van der Waals surface area contributed by atoms with Crippen LogP contribution < -0.4 is 0 Å². The van der Waals surface area contributed by atoms with Gasteiger partial charge in [-0.05, 0) is 12.1 Å². The fourth-order valence-electron chi connectivity index (χ4n) is 0.627. The average Bonchev–Trinajstić information content (AvgIpc) is 2.28. The SMILES string of the molecule is O=C(O)O.O=C(O)O.O=C(OO)c1ccccc1. The third-order valence-electron chi connectivity index (χ3n) is 1.09. The molecule has 0 radical (unpaired) electrons. The third-order valence-corrected chi connectivity index (χ3v) is 1.09. The molecule has 0 aromatic heterocycles. The lowest BCUT2D eigenvalue weighted by Gasteiger charge is -1.92. The van der Waals surface area contributed by atoms with Crippen molar-refractivity contribution in [2.75, 3.05) is 0 Å². The summed E-state index contributed by atoms with van der Waals surface area (Å²) < 4.78 is 0. The second kappa shape index (κ2) is 10.7. The largest absolute Gasteiger partial charge is 0.503 e. The Kier molecular flexibility index (Phi) is 10.5. The molecule has 0 heterocycles. The number of benzene rings is 1. The van der Waals surface area contributed by atoms with Gasteiger partial charge in [0.1, 0.15) is 0 Å². The lowest BCUT2D eigenvalue weighted by molar-refractivity contribution is -0.182. The summed E-state index contributed by atoms with van der Waals surface area (Å²) in [5.74, 6) is -0.736. The van der Waals surface area contributed by atoms with Crippen LogP contribution in [0.5, 0.6) is 0 Å². The van der Waals surface area contributed by atoms with E-state index in [9.17, 15) is 4.79 Å². The first kappa shape index (κ1) is 17.6. The maximum absolute atomic E-state index is 10.5. The summed E-state index contributed by atoms with van der Waals surface area (Å²) in [6.45, 7) is 0. The van der Waals surface area contributed by atoms with E-state index in [2.05, 4.69) is 4.89 Å². The summed E-state index contributed by atoms with van der Waals surface area (Å²) in [5, 5.41) is 35.8. The smallest absolute Gasteiger partial charge is 0.450 e. The minimum Gasteiger partial charge on any atom is -0.450 e. The van der Waals surface area contributed by atoms with Gasteiger partial charge in [-0.2, -0.15) is 5.26 Å². The molecule has 0 amide bonds. The van der Waals surface area contributed by atoms with E-state index >= 15 is 0 Å². The van der Waals surface area contributed by atoms with Gasteiger partial charge in [-0.1, -0.05) is 18.2 Å². The first-order valence-corrected chi connectivity index (χ1v) is 4.05. The molecule has 0 atom stereocenters. The summed E-state index contributed by atoms with van der Waals surface area (Å²) in [6, 6.07) is 8.25. The molecule has 100 valence electrons. The van der Waals surface area contributed by atoms with Crippen molar-refractivity contribution in [2.45, 2.75) is 0 Å². The van der Waals surface area contributed by atoms with E-state index in [1.54, 1.807) is 30.3 Å². The highest BCUT2D eigenvalue weighted by Crippen LogP contribution is 1.98. The van der Waals surface area contributed by atoms with Gasteiger partial charge >= 0.3 is 18.3 Å². The second-order valence-corrected chi connectivity index (χ2v) is 2.31. The molecule has 0 unspecified atom stereocenters. The van der Waals surface area contributed by atoms with E-state index in [0.717, 1.165) is 0 Å². The molecular weight excluding hydrogens is 252 g/mol. The first-order valence-electron chi connectivity index (χ1n) is 4.05. The highest BCUT2D eigenvalue weighted by molar-refractivity contribution is 5.88. The summed E-state index contributed by atoms with van der Waals surface area (Å²) >= 11 is 0. The lowest BCUT2D eigenvalue weighted by Crippen LogP contribution is -2.00. The molecule has 0 bridgehead atoms. The van der Waals surface area contributed by atoms with Crippen molar-refractivity contribution < 1.29 is 45.0 Å². The molecule has 18 heavy (non-hydrogen) atoms. The molecule has 0 fully saturated rings. The van der Waals surface area contributed by atoms with Crippen LogP contribution in [0.25, 0.3) is 0 Å². The molecule has 9 nitrogen and oxygen atoms in total. The van der Waals surface area contributed by atoms with Gasteiger partial charge in [0.25, 0.3) is 0 Å². The van der Waals surface area contributed by atoms with Gasteiger partial charge in [-0.3, -0.25) is 4.89 Å². The molecule has 0 aliphatic heterocycles. The highest BCUT2D eigenvalue weighted by atomic mass is 17.1. The molecule has 1 aromatic carbocycles. The Morgan fingerprint density at radius 3 is 1.44 bits per heavy atom. The molecule has 1 rings (SSSR count). The zero-order valence-electron chi connectivity index (χ0n) is 8.76. The number of carboxylic acid groups (broad SMARTS) is 4. The van der Waals surface area contributed by atoms with E-state index < -0.39 is 18.3 Å². The maximum Gasteiger partial charge on any atom is 0.503 e. The molecular formula is C9H10O9. The molecule has 9 heteroatoms. The average molecular weight is 262 g/mol. The van der Waals surface area contributed by atoms with Crippen LogP contribution in [0.3, 0.4) is 0 Å². The van der Waals surface area contributed by atoms with Crippen LogP contribution in [0.15, 0.2) is 30.3 Å². The Bertz CT molecular complexity index is 353. The number of hydrogen-bond donors (Lipinski definition) is 5. The Morgan fingerprint density at radius 2 is 1.17 bits per heavy atom. The van der Waals surface area contributed by atoms with Crippen molar-refractivity contribution in [3.8, 4) is 0 Å². The van der Waals surface area contributed by atoms with E-state index in [1.165, 1.54) is 0 Å². The number of carbonyl (C=O) groups is 3. The maximum atomic E-state index is 10.5. The van der Waals surface area contributed by atoms with Crippen LogP contribution in [0, 0.1) is 0 Å². The van der Waals surface area contributed by atoms with Gasteiger partial charge in [0, 0.05) is 0 Å². The Hall–Kier alpha value is -2.81. The summed E-state index contributed by atoms with van der Waals surface area (Å²) in [5.41, 5.74) is 0.338. The minimum atomic E-state index is -1.83. The second-order valence-electron chi connectivity index (χ2n) is 2.31. The zero-order chi connectivity index (χ0) is 14.6. The van der Waals surface area contributed by atoms with Crippen LogP contribution in [-0.2, 0) is 4.89 Å². The Balaban J connectivity index is 0. The Morgan fingerprint density at radius 1 is 0.833 bits per heavy atom. The van der Waals surface area contributed by atoms with Crippen molar-refractivity contribution in [3.05, 3.63) is 35.9 Å². The standard InChI is InChI=1S/C7H6O3.2CH2O3/c8-7(10-9)6-4-2-1-3-5-6;2*2-1(3)4/h1-5,9H;2*(H2,2,3,4). The molecule has 0 spiro atoms. The Labute approximate surface area is 100 Å². The summed E-state index contributed by atoms with van der Waals surface area (Å²) in [4.78, 5) is 31.1. The number of hydrogen-bond acceptors (Lipinski definition) is 5. The van der Waals surface area contributed by atoms with Gasteiger partial charge in [-0.15, -0.1) is 0 Å². The minimum absolute atomic E-state index is 0.338. The van der Waals surface area contributed by atoms with Crippen LogP contribution in [0.4, 0.5) is 9.59 Å². The molecule has 0 aliphatic carbocycles. The monoisotopic (exact) mass is 262 g/mol. The van der Waals surface area contributed by atoms with Crippen LogP contribution in [0.1, 0.15) is 10.4 Å². The quantitative estimate of drug-likeness (QED) is 0.374. The number of rotatable bonds is 1. The van der Waals surface area contributed by atoms with Crippen molar-refractivity contribution in [3.63, 3.8) is 0 Å². The van der Waals surface area contributed by atoms with Crippen molar-refractivity contribution >= 4 is 18.3 Å². The van der Waals surface area contributed by atoms with Gasteiger partial charge in [0.15, 0.2) is 0 Å². The number of carbonyl (C=O) groups excluding carboxylic acids is 1. The van der Waals surface area contributed by atoms with Crippen molar-refractivity contribution in [1.82, 2.24) is 0 Å². The van der Waals surface area contributed by atoms with Crippen molar-refractivity contribution in [2.24, 2.45) is 0 Å². The van der Waals surface area contributed by atoms with Gasteiger partial charge in [0.05, 0.1) is 5.56 Å². The first-order chi connectivity index (χ1) is 8.31. The fraction of sp³-hybridized carbons (Fsp3) is 0. The van der Waals surface area contributed by atoms with E-state index in [-0.39, 0.29) is 0 Å². The van der Waals surface area contributed by atoms with Crippen LogP contribution in [0.2, 0.25) is 0 Å². The van der Waals surface area contributed by atoms with Crippen LogP contribution >= 0.6 is 0 Å². The van der Waals surface area contributed by atoms with E-state index in [1.807, 2.05) is 0 Å². The fourth-order valence-corrected chi connectivity index (χ4v) is 0.627. The molecule has 0 saturated heterocycles. The predicted molar refractivity (Wildman–Crippen MR) is 55.8 cm³/mol. The van der Waals surface area contributed by atoms with Gasteiger partial charge in [-0.25, -0.2) is 14.4 Å². The van der Waals surface area contributed by atoms with Crippen LogP contribution in [-0.4, -0.2) is 44.0 Å². The van der Waals surface area contributed by atoms with Gasteiger partial charge < -0.3 is 20.4 Å². The van der Waals surface area contributed by atoms with Gasteiger partial charge in [0.2, 0.25) is 0 Å². The highest BCUT2D eigenvalue weighted by Gasteiger charge is 2.02. The molecule has 5 N–H and O–H groups in total. The third kappa shape index (κ3) is 15.7. The lowest BCUT2D eigenvalue weighted by atomic mass is 10.2. The topological polar surface area (TPSA) is 162 Å². The zero-order valence-corrected chi connectivity index (χ0v) is 8.76.